The van der Waals surface area contributed by atoms with Gasteiger partial charge in [-0.05, 0) is 55.8 Å². The van der Waals surface area contributed by atoms with E-state index in [0.29, 0.717) is 17.0 Å². The van der Waals surface area contributed by atoms with Crippen molar-refractivity contribution in [2.45, 2.75) is 50.7 Å². The van der Waals surface area contributed by atoms with E-state index in [1.54, 1.807) is 54.3 Å². The molecule has 0 radical (unpaired) electrons. The molecule has 1 aliphatic heterocycles. The predicted octanol–water partition coefficient (Wildman–Crippen LogP) is 4.14. The third kappa shape index (κ3) is 7.11. The quantitative estimate of drug-likeness (QED) is 0.282. The third-order valence-corrected chi connectivity index (χ3v) is 10.5. The second-order valence-corrected chi connectivity index (χ2v) is 14.4. The minimum Gasteiger partial charge on any atom is -0.488 e. The molecule has 3 aromatic carbocycles. The molecule has 0 aliphatic carbocycles. The molecule has 1 aliphatic rings. The monoisotopic (exact) mass is 646 g/mol. The maximum absolute atomic E-state index is 13.6. The fourth-order valence-corrected chi connectivity index (χ4v) is 7.09. The zero-order chi connectivity index (χ0) is 33.2. The molecular formula is C35H42N4O6S. The predicted molar refractivity (Wildman–Crippen MR) is 178 cm³/mol. The number of aliphatic hydroxyl groups is 1. The molecule has 0 spiro atoms. The number of likely N-dealkylation sites (N-methyl/N-ethyl adjacent to an activating group) is 1. The van der Waals surface area contributed by atoms with Crippen molar-refractivity contribution in [3.8, 4) is 5.75 Å². The highest BCUT2D eigenvalue weighted by atomic mass is 32.2. The van der Waals surface area contributed by atoms with Crippen LogP contribution in [0.4, 0.5) is 5.69 Å². The van der Waals surface area contributed by atoms with E-state index >= 15 is 0 Å². The normalized spacial score (nSPS) is 18.0. The van der Waals surface area contributed by atoms with E-state index in [0.717, 1.165) is 22.0 Å². The summed E-state index contributed by atoms with van der Waals surface area (Å²) in [4.78, 5) is 28.6. The van der Waals surface area contributed by atoms with Gasteiger partial charge >= 0.3 is 0 Å². The first kappa shape index (κ1) is 33.2. The Morgan fingerprint density at radius 1 is 1.13 bits per heavy atom. The van der Waals surface area contributed by atoms with Crippen LogP contribution in [-0.4, -0.2) is 78.0 Å². The van der Waals surface area contributed by atoms with Gasteiger partial charge in [0, 0.05) is 54.9 Å². The first-order valence-corrected chi connectivity index (χ1v) is 16.9. The second-order valence-electron chi connectivity index (χ2n) is 12.3. The van der Waals surface area contributed by atoms with Crippen molar-refractivity contribution >= 4 is 38.4 Å². The molecule has 2 amide bonds. The highest BCUT2D eigenvalue weighted by molar-refractivity contribution is 7.89. The van der Waals surface area contributed by atoms with E-state index in [1.807, 2.05) is 55.9 Å². The first-order chi connectivity index (χ1) is 21.9. The number of ether oxygens (including phenoxy) is 1. The summed E-state index contributed by atoms with van der Waals surface area (Å²) in [6.45, 7) is 5.67. The molecule has 3 atom stereocenters. The number of para-hydroxylation sites is 1. The summed E-state index contributed by atoms with van der Waals surface area (Å²) in [5.41, 5.74) is 3.99. The van der Waals surface area contributed by atoms with Crippen LogP contribution in [0.1, 0.15) is 30.5 Å². The molecule has 4 aromatic rings. The number of aryl methyl sites for hydroxylation is 2. The molecule has 11 heteroatoms. The minimum absolute atomic E-state index is 0.0103. The summed E-state index contributed by atoms with van der Waals surface area (Å²) in [6, 6.07) is 19.3. The highest BCUT2D eigenvalue weighted by Gasteiger charge is 2.33. The number of aliphatic hydroxyl groups excluding tert-OH is 1. The van der Waals surface area contributed by atoms with Gasteiger partial charge in [0.15, 0.2) is 0 Å². The lowest BCUT2D eigenvalue weighted by molar-refractivity contribution is -0.134. The number of hydrogen-bond donors (Lipinski definition) is 2. The van der Waals surface area contributed by atoms with Crippen LogP contribution in [0, 0.1) is 12.8 Å². The Morgan fingerprint density at radius 3 is 2.57 bits per heavy atom. The summed E-state index contributed by atoms with van der Waals surface area (Å²) in [7, 11) is -0.338. The number of nitrogens with one attached hydrogen (secondary N) is 1. The van der Waals surface area contributed by atoms with Gasteiger partial charge in [-0.15, -0.1) is 0 Å². The van der Waals surface area contributed by atoms with Gasteiger partial charge in [0.25, 0.3) is 0 Å². The molecule has 244 valence electrons. The average Bonchev–Trinajstić information content (AvgIpc) is 3.35. The molecule has 5 rings (SSSR count). The highest BCUT2D eigenvalue weighted by Crippen LogP contribution is 2.30. The molecule has 2 N–H and O–H groups in total. The summed E-state index contributed by atoms with van der Waals surface area (Å²) >= 11 is 0. The van der Waals surface area contributed by atoms with Gasteiger partial charge in [0.2, 0.25) is 21.8 Å². The lowest BCUT2D eigenvalue weighted by atomic mass is 10.0. The number of nitrogens with zero attached hydrogens (tertiary/aromatic N) is 3. The number of carbonyl (C=O) groups excluding carboxylic acids is 2. The summed E-state index contributed by atoms with van der Waals surface area (Å²) in [5, 5.41) is 13.9. The van der Waals surface area contributed by atoms with E-state index in [9.17, 15) is 23.1 Å². The Balaban J connectivity index is 1.41. The van der Waals surface area contributed by atoms with Gasteiger partial charge in [-0.1, -0.05) is 42.8 Å². The number of sulfonamides is 1. The molecule has 10 nitrogen and oxygen atoms in total. The van der Waals surface area contributed by atoms with Crippen molar-refractivity contribution in [1.29, 1.82) is 0 Å². The van der Waals surface area contributed by atoms with Crippen LogP contribution < -0.4 is 10.1 Å². The van der Waals surface area contributed by atoms with Crippen molar-refractivity contribution < 1.29 is 27.9 Å². The largest absolute Gasteiger partial charge is 0.488 e. The van der Waals surface area contributed by atoms with Crippen molar-refractivity contribution in [2.24, 2.45) is 13.0 Å². The minimum atomic E-state index is -3.81. The standard InChI is InChI=1S/C35H42N4O6S/c1-23-10-13-29(14-11-23)46(43,44)38(5)21-33-24(2)19-39(25(3)22-40)35(42)18-26-16-28(12-15-32(26)45-33)36-34(41)17-27-20-37(4)31-9-7-6-8-30(27)31/h6-16,20,24-25,33,40H,17-19,21-22H2,1-5H3,(H,36,41)/t24-,25-,33-/m0/s1. The number of hydrogen-bond acceptors (Lipinski definition) is 6. The van der Waals surface area contributed by atoms with Crippen molar-refractivity contribution in [1.82, 2.24) is 13.8 Å². The lowest BCUT2D eigenvalue weighted by Crippen LogP contribution is -2.48. The molecule has 1 aromatic heterocycles. The number of amides is 2. The van der Waals surface area contributed by atoms with Gasteiger partial charge < -0.3 is 24.6 Å². The first-order valence-electron chi connectivity index (χ1n) is 15.4. The zero-order valence-corrected chi connectivity index (χ0v) is 27.8. The van der Waals surface area contributed by atoms with E-state index in [1.165, 1.54) is 11.4 Å². The van der Waals surface area contributed by atoms with E-state index in [4.69, 9.17) is 4.74 Å². The smallest absolute Gasteiger partial charge is 0.242 e. The molecule has 0 bridgehead atoms. The maximum Gasteiger partial charge on any atom is 0.242 e. The van der Waals surface area contributed by atoms with Crippen molar-refractivity contribution in [3.63, 3.8) is 0 Å². The summed E-state index contributed by atoms with van der Waals surface area (Å²) in [6.07, 6.45) is 1.51. The van der Waals surface area contributed by atoms with Crippen molar-refractivity contribution in [2.75, 3.05) is 32.1 Å². The molecule has 0 saturated heterocycles. The van der Waals surface area contributed by atoms with Crippen LogP contribution >= 0.6 is 0 Å². The van der Waals surface area contributed by atoms with Crippen LogP contribution in [0.5, 0.6) is 5.75 Å². The Morgan fingerprint density at radius 2 is 1.85 bits per heavy atom. The van der Waals surface area contributed by atoms with E-state index in [-0.39, 0.29) is 55.2 Å². The SMILES string of the molecule is Cc1ccc(S(=O)(=O)N(C)C[C@@H]2Oc3ccc(NC(=O)Cc4cn(C)c5ccccc45)cc3CC(=O)N([C@@H](C)CO)C[C@@H]2C)cc1. The van der Waals surface area contributed by atoms with Gasteiger partial charge in [-0.25, -0.2) is 8.42 Å². The number of fused-ring (bicyclic) bond motifs is 2. The molecular weight excluding hydrogens is 604 g/mol. The third-order valence-electron chi connectivity index (χ3n) is 8.70. The number of benzene rings is 3. The van der Waals surface area contributed by atoms with Gasteiger partial charge in [0.1, 0.15) is 11.9 Å². The average molecular weight is 647 g/mol. The summed E-state index contributed by atoms with van der Waals surface area (Å²) < 4.78 is 36.7. The Kier molecular flexibility index (Phi) is 9.85. The number of carbonyl (C=O) groups is 2. The number of rotatable bonds is 9. The van der Waals surface area contributed by atoms with Crippen LogP contribution in [0.2, 0.25) is 0 Å². The second kappa shape index (κ2) is 13.7. The number of aromatic nitrogens is 1. The molecule has 0 unspecified atom stereocenters. The molecule has 46 heavy (non-hydrogen) atoms. The Hall–Kier alpha value is -4.19. The van der Waals surface area contributed by atoms with Gasteiger partial charge in [-0.3, -0.25) is 9.59 Å². The number of anilines is 1. The topological polar surface area (TPSA) is 121 Å². The zero-order valence-electron chi connectivity index (χ0n) is 26.9. The Bertz CT molecular complexity index is 1840. The van der Waals surface area contributed by atoms with Crippen LogP contribution in [0.25, 0.3) is 10.9 Å². The summed E-state index contributed by atoms with van der Waals surface area (Å²) in [5.74, 6) is -0.230. The Labute approximate surface area is 270 Å². The maximum atomic E-state index is 13.6. The van der Waals surface area contributed by atoms with Gasteiger partial charge in [-0.2, -0.15) is 4.31 Å². The molecule has 0 fully saturated rings. The van der Waals surface area contributed by atoms with E-state index < -0.39 is 22.2 Å². The molecule has 2 heterocycles. The fourth-order valence-electron chi connectivity index (χ4n) is 5.91. The van der Waals surface area contributed by atoms with Crippen LogP contribution in [0.3, 0.4) is 0 Å². The van der Waals surface area contributed by atoms with Gasteiger partial charge in [0.05, 0.1) is 36.9 Å². The molecule has 0 saturated carbocycles. The van der Waals surface area contributed by atoms with Crippen molar-refractivity contribution in [3.05, 3.63) is 89.6 Å². The fraction of sp³-hybridized carbons (Fsp3) is 0.371. The lowest BCUT2D eigenvalue weighted by Gasteiger charge is -2.33. The van der Waals surface area contributed by atoms with Crippen LogP contribution in [-0.2, 0) is 39.5 Å². The van der Waals surface area contributed by atoms with E-state index in [2.05, 4.69) is 5.32 Å². The van der Waals surface area contributed by atoms with Crippen LogP contribution in [0.15, 0.2) is 77.8 Å².